The van der Waals surface area contributed by atoms with Crippen LogP contribution in [0.4, 0.5) is 13.2 Å². The number of hydrogen-bond acceptors (Lipinski definition) is 4. The highest BCUT2D eigenvalue weighted by atomic mass is 32.2. The van der Waals surface area contributed by atoms with Gasteiger partial charge in [0.15, 0.2) is 0 Å². The molecule has 2 N–H and O–H groups in total. The largest absolute Gasteiger partial charge is 0.508 e. The minimum atomic E-state index is -4.37. The van der Waals surface area contributed by atoms with Crippen LogP contribution in [0.2, 0.25) is 0 Å². The number of sulfonamides is 1. The molecule has 0 fully saturated rings. The SMILES string of the molecule is O=S(=O)(NCCSC(F)(F)F)c1ccc(O)cc1. The van der Waals surface area contributed by atoms with E-state index in [0.29, 0.717) is 0 Å². The van der Waals surface area contributed by atoms with Crippen molar-refractivity contribution in [3.63, 3.8) is 0 Å². The van der Waals surface area contributed by atoms with Gasteiger partial charge >= 0.3 is 5.51 Å². The summed E-state index contributed by atoms with van der Waals surface area (Å²) >= 11 is -0.295. The van der Waals surface area contributed by atoms with Crippen LogP contribution in [0, 0.1) is 0 Å². The maximum absolute atomic E-state index is 11.8. The van der Waals surface area contributed by atoms with Crippen molar-refractivity contribution in [3.05, 3.63) is 24.3 Å². The molecule has 9 heteroatoms. The van der Waals surface area contributed by atoms with Crippen LogP contribution in [0.5, 0.6) is 5.75 Å². The van der Waals surface area contributed by atoms with E-state index in [1.54, 1.807) is 0 Å². The van der Waals surface area contributed by atoms with Crippen LogP contribution in [-0.2, 0) is 10.0 Å². The summed E-state index contributed by atoms with van der Waals surface area (Å²) in [5.74, 6) is -0.498. The molecule has 1 rings (SSSR count). The number of halogens is 3. The Kier molecular flexibility index (Phi) is 4.88. The summed E-state index contributed by atoms with van der Waals surface area (Å²) < 4.78 is 60.6. The van der Waals surface area contributed by atoms with E-state index >= 15 is 0 Å². The summed E-state index contributed by atoms with van der Waals surface area (Å²) in [6.45, 7) is -0.326. The Morgan fingerprint density at radius 1 is 1.22 bits per heavy atom. The lowest BCUT2D eigenvalue weighted by Gasteiger charge is -2.08. The van der Waals surface area contributed by atoms with Crippen LogP contribution in [-0.4, -0.2) is 31.3 Å². The number of thioether (sulfide) groups is 1. The Morgan fingerprint density at radius 2 is 1.78 bits per heavy atom. The minimum absolute atomic E-state index is 0.0958. The molecule has 0 unspecified atom stereocenters. The summed E-state index contributed by atoms with van der Waals surface area (Å²) in [6.07, 6.45) is 0. The molecule has 102 valence electrons. The molecular weight excluding hydrogens is 291 g/mol. The Balaban J connectivity index is 2.53. The standard InChI is InChI=1S/C9H10F3NO3S2/c10-9(11,12)17-6-5-13-18(15,16)8-3-1-7(14)2-4-8/h1-4,13-14H,5-6H2. The Hall–Kier alpha value is -0.930. The van der Waals surface area contributed by atoms with Gasteiger partial charge in [-0.1, -0.05) is 0 Å². The van der Waals surface area contributed by atoms with E-state index in [1.807, 2.05) is 4.72 Å². The molecule has 0 saturated carbocycles. The van der Waals surface area contributed by atoms with E-state index in [0.717, 1.165) is 12.1 Å². The fourth-order valence-corrected chi connectivity index (χ4v) is 2.65. The molecule has 0 aliphatic heterocycles. The summed E-state index contributed by atoms with van der Waals surface area (Å²) in [4.78, 5) is -0.114. The predicted octanol–water partition coefficient (Wildman–Crippen LogP) is 1.92. The maximum Gasteiger partial charge on any atom is 0.441 e. The van der Waals surface area contributed by atoms with Crippen LogP contribution in [0.25, 0.3) is 0 Å². The van der Waals surface area contributed by atoms with Crippen LogP contribution in [0.3, 0.4) is 0 Å². The maximum atomic E-state index is 11.8. The van der Waals surface area contributed by atoms with Crippen LogP contribution in [0.15, 0.2) is 29.2 Å². The topological polar surface area (TPSA) is 66.4 Å². The zero-order valence-electron chi connectivity index (χ0n) is 8.94. The summed E-state index contributed by atoms with van der Waals surface area (Å²) in [5.41, 5.74) is -4.37. The zero-order chi connectivity index (χ0) is 13.8. The fraction of sp³-hybridized carbons (Fsp3) is 0.333. The van der Waals surface area contributed by atoms with E-state index < -0.39 is 21.3 Å². The minimum Gasteiger partial charge on any atom is -0.508 e. The Morgan fingerprint density at radius 3 is 2.28 bits per heavy atom. The first-order valence-electron chi connectivity index (χ1n) is 4.70. The molecule has 0 bridgehead atoms. The molecule has 0 saturated heterocycles. The third-order valence-corrected chi connectivity index (χ3v) is 4.02. The van der Waals surface area contributed by atoms with Gasteiger partial charge in [-0.3, -0.25) is 0 Å². The van der Waals surface area contributed by atoms with Gasteiger partial charge < -0.3 is 5.11 Å². The lowest BCUT2D eigenvalue weighted by molar-refractivity contribution is -0.0327. The molecule has 0 atom stereocenters. The molecule has 0 aliphatic rings. The average Bonchev–Trinajstić information content (AvgIpc) is 2.24. The molecule has 0 radical (unpaired) electrons. The number of rotatable bonds is 5. The Labute approximate surface area is 106 Å². The van der Waals surface area contributed by atoms with Gasteiger partial charge in [-0.15, -0.1) is 0 Å². The molecule has 0 spiro atoms. The molecule has 0 heterocycles. The second kappa shape index (κ2) is 5.81. The first-order valence-corrected chi connectivity index (χ1v) is 7.17. The van der Waals surface area contributed by atoms with Gasteiger partial charge in [0.05, 0.1) is 4.90 Å². The highest BCUT2D eigenvalue weighted by Crippen LogP contribution is 2.29. The number of hydrogen-bond donors (Lipinski definition) is 2. The average molecular weight is 301 g/mol. The van der Waals surface area contributed by atoms with E-state index in [9.17, 15) is 21.6 Å². The normalized spacial score (nSPS) is 12.6. The molecule has 1 aromatic rings. The van der Waals surface area contributed by atoms with Gasteiger partial charge in [0.25, 0.3) is 0 Å². The fourth-order valence-electron chi connectivity index (χ4n) is 1.05. The van der Waals surface area contributed by atoms with Crippen LogP contribution in [0.1, 0.15) is 0 Å². The second-order valence-corrected chi connectivity index (χ2v) is 6.11. The summed E-state index contributed by atoms with van der Waals surface area (Å²) in [6, 6.07) is 4.68. The van der Waals surface area contributed by atoms with Gasteiger partial charge in [-0.05, 0) is 36.0 Å². The van der Waals surface area contributed by atoms with Crippen LogP contribution < -0.4 is 4.72 Å². The lowest BCUT2D eigenvalue weighted by Crippen LogP contribution is -2.26. The molecule has 0 aliphatic carbocycles. The highest BCUT2D eigenvalue weighted by molar-refractivity contribution is 8.00. The van der Waals surface area contributed by atoms with E-state index in [2.05, 4.69) is 0 Å². The molecule has 18 heavy (non-hydrogen) atoms. The van der Waals surface area contributed by atoms with Crippen molar-refractivity contribution in [3.8, 4) is 5.75 Å². The molecule has 0 aromatic heterocycles. The number of aromatic hydroxyl groups is 1. The van der Waals surface area contributed by atoms with Crippen LogP contribution >= 0.6 is 11.8 Å². The van der Waals surface area contributed by atoms with Gasteiger partial charge in [-0.2, -0.15) is 13.2 Å². The zero-order valence-corrected chi connectivity index (χ0v) is 10.6. The van der Waals surface area contributed by atoms with Crippen molar-refractivity contribution in [2.45, 2.75) is 10.4 Å². The van der Waals surface area contributed by atoms with Gasteiger partial charge in [0.2, 0.25) is 10.0 Å². The number of alkyl halides is 3. The molecule has 1 aromatic carbocycles. The summed E-state index contributed by atoms with van der Waals surface area (Å²) in [7, 11) is -3.84. The number of phenols is 1. The summed E-state index contributed by atoms with van der Waals surface area (Å²) in [5, 5.41) is 8.98. The van der Waals surface area contributed by atoms with Gasteiger partial charge in [0, 0.05) is 12.3 Å². The number of phenolic OH excluding ortho intramolecular Hbond substituents is 1. The van der Waals surface area contributed by atoms with E-state index in [1.165, 1.54) is 12.1 Å². The highest BCUT2D eigenvalue weighted by Gasteiger charge is 2.27. The first-order chi connectivity index (χ1) is 8.21. The van der Waals surface area contributed by atoms with Crippen molar-refractivity contribution in [1.82, 2.24) is 4.72 Å². The third-order valence-electron chi connectivity index (χ3n) is 1.81. The molecular formula is C9H10F3NO3S2. The molecule has 0 amide bonds. The van der Waals surface area contributed by atoms with E-state index in [-0.39, 0.29) is 29.0 Å². The van der Waals surface area contributed by atoms with Crippen molar-refractivity contribution < 1.29 is 26.7 Å². The molecule has 4 nitrogen and oxygen atoms in total. The number of benzene rings is 1. The van der Waals surface area contributed by atoms with E-state index in [4.69, 9.17) is 5.11 Å². The third kappa shape index (κ3) is 5.15. The second-order valence-electron chi connectivity index (χ2n) is 3.19. The smallest absolute Gasteiger partial charge is 0.441 e. The monoisotopic (exact) mass is 301 g/mol. The first kappa shape index (κ1) is 15.1. The van der Waals surface area contributed by atoms with Gasteiger partial charge in [-0.25, -0.2) is 13.1 Å². The quantitative estimate of drug-likeness (QED) is 0.816. The van der Waals surface area contributed by atoms with Crippen molar-refractivity contribution in [1.29, 1.82) is 0 Å². The van der Waals surface area contributed by atoms with Crippen molar-refractivity contribution in [2.75, 3.05) is 12.3 Å². The van der Waals surface area contributed by atoms with Crippen molar-refractivity contribution >= 4 is 21.8 Å². The number of nitrogens with one attached hydrogen (secondary N) is 1. The predicted molar refractivity (Wildman–Crippen MR) is 61.8 cm³/mol. The Bertz CT molecular complexity index is 485. The lowest BCUT2D eigenvalue weighted by atomic mass is 10.3. The van der Waals surface area contributed by atoms with Gasteiger partial charge in [0.1, 0.15) is 5.75 Å². The van der Waals surface area contributed by atoms with Crippen molar-refractivity contribution in [2.24, 2.45) is 0 Å².